The highest BCUT2D eigenvalue weighted by Gasteiger charge is 2.33. The Morgan fingerprint density at radius 2 is 1.96 bits per heavy atom. The van der Waals surface area contributed by atoms with Gasteiger partial charge in [-0.3, -0.25) is 0 Å². The molecular formula is C20H24ClNO2S. The van der Waals surface area contributed by atoms with Crippen LogP contribution in [0.2, 0.25) is 5.02 Å². The van der Waals surface area contributed by atoms with Crippen molar-refractivity contribution in [3.8, 4) is 0 Å². The molecule has 0 saturated carbocycles. The summed E-state index contributed by atoms with van der Waals surface area (Å²) in [5, 5.41) is 4.34. The van der Waals surface area contributed by atoms with Crippen molar-refractivity contribution >= 4 is 27.1 Å². The first-order valence-corrected chi connectivity index (χ1v) is 10.8. The molecule has 0 spiro atoms. The van der Waals surface area contributed by atoms with Crippen molar-refractivity contribution in [1.82, 2.24) is 0 Å². The number of halogens is 1. The average Bonchev–Trinajstić information content (AvgIpc) is 2.55. The van der Waals surface area contributed by atoms with Crippen molar-refractivity contribution in [2.24, 2.45) is 0 Å². The summed E-state index contributed by atoms with van der Waals surface area (Å²) in [5.41, 5.74) is 4.28. The maximum Gasteiger partial charge on any atom is 0.154 e. The Morgan fingerprint density at radius 1 is 1.20 bits per heavy atom. The monoisotopic (exact) mass is 377 g/mol. The van der Waals surface area contributed by atoms with Crippen molar-refractivity contribution in [2.45, 2.75) is 44.4 Å². The van der Waals surface area contributed by atoms with E-state index in [1.807, 2.05) is 36.4 Å². The quantitative estimate of drug-likeness (QED) is 0.805. The standard InChI is InChI=1S/C20H24ClNO2S/c1-4-25(23,24)13-14-6-5-7-15(10-14)19-12-20(2,3)17-11-16(21)8-9-18(17)22-19/h5-11,19,22H,4,12-13H2,1-3H3. The zero-order valence-electron chi connectivity index (χ0n) is 14.8. The van der Waals surface area contributed by atoms with E-state index in [1.165, 1.54) is 5.56 Å². The molecule has 0 radical (unpaired) electrons. The molecule has 25 heavy (non-hydrogen) atoms. The van der Waals surface area contributed by atoms with Gasteiger partial charge in [0, 0.05) is 16.5 Å². The van der Waals surface area contributed by atoms with Crippen molar-refractivity contribution in [3.05, 3.63) is 64.2 Å². The van der Waals surface area contributed by atoms with Gasteiger partial charge < -0.3 is 5.32 Å². The van der Waals surface area contributed by atoms with Crippen LogP contribution in [0.3, 0.4) is 0 Å². The van der Waals surface area contributed by atoms with E-state index in [0.29, 0.717) is 0 Å². The lowest BCUT2D eigenvalue weighted by Gasteiger charge is -2.39. The third-order valence-electron chi connectivity index (χ3n) is 4.93. The molecule has 2 aromatic carbocycles. The van der Waals surface area contributed by atoms with E-state index in [4.69, 9.17) is 11.6 Å². The van der Waals surface area contributed by atoms with Gasteiger partial charge in [0.1, 0.15) is 0 Å². The Bertz CT molecular complexity index is 890. The summed E-state index contributed by atoms with van der Waals surface area (Å²) in [6, 6.07) is 14.0. The molecule has 1 unspecified atom stereocenters. The van der Waals surface area contributed by atoms with Gasteiger partial charge in [0.15, 0.2) is 9.84 Å². The van der Waals surface area contributed by atoms with Crippen molar-refractivity contribution in [1.29, 1.82) is 0 Å². The van der Waals surface area contributed by atoms with E-state index in [-0.39, 0.29) is 23.0 Å². The van der Waals surface area contributed by atoms with Gasteiger partial charge >= 0.3 is 0 Å². The Labute approximate surface area is 155 Å². The van der Waals surface area contributed by atoms with Gasteiger partial charge in [-0.15, -0.1) is 0 Å². The molecule has 0 saturated heterocycles. The summed E-state index contributed by atoms with van der Waals surface area (Å²) >= 11 is 6.17. The van der Waals surface area contributed by atoms with Crippen LogP contribution in [-0.4, -0.2) is 14.2 Å². The fourth-order valence-electron chi connectivity index (χ4n) is 3.52. The smallest absolute Gasteiger partial charge is 0.154 e. The Morgan fingerprint density at radius 3 is 2.68 bits per heavy atom. The molecule has 5 heteroatoms. The number of benzene rings is 2. The van der Waals surface area contributed by atoms with Gasteiger partial charge in [-0.2, -0.15) is 0 Å². The lowest BCUT2D eigenvalue weighted by Crippen LogP contribution is -2.31. The summed E-state index contributed by atoms with van der Waals surface area (Å²) in [6.45, 7) is 6.13. The maximum absolute atomic E-state index is 11.9. The summed E-state index contributed by atoms with van der Waals surface area (Å²) in [7, 11) is -3.03. The second-order valence-corrected chi connectivity index (χ2v) is 10.2. The van der Waals surface area contributed by atoms with Crippen molar-refractivity contribution in [3.63, 3.8) is 0 Å². The molecule has 134 valence electrons. The van der Waals surface area contributed by atoms with E-state index >= 15 is 0 Å². The first-order valence-electron chi connectivity index (χ1n) is 8.56. The molecule has 0 aromatic heterocycles. The number of fused-ring (bicyclic) bond motifs is 1. The molecule has 0 bridgehead atoms. The molecule has 0 amide bonds. The van der Waals surface area contributed by atoms with E-state index in [0.717, 1.165) is 28.3 Å². The highest BCUT2D eigenvalue weighted by molar-refractivity contribution is 7.90. The van der Waals surface area contributed by atoms with Crippen LogP contribution >= 0.6 is 11.6 Å². The molecule has 1 N–H and O–H groups in total. The molecule has 1 aliphatic heterocycles. The molecule has 3 rings (SSSR count). The predicted molar refractivity (Wildman–Crippen MR) is 105 cm³/mol. The third kappa shape index (κ3) is 4.01. The first-order chi connectivity index (χ1) is 11.7. The van der Waals surface area contributed by atoms with E-state index in [2.05, 4.69) is 25.2 Å². The van der Waals surface area contributed by atoms with Crippen LogP contribution in [0.15, 0.2) is 42.5 Å². The number of hydrogen-bond donors (Lipinski definition) is 1. The molecule has 0 fully saturated rings. The fourth-order valence-corrected chi connectivity index (χ4v) is 4.58. The van der Waals surface area contributed by atoms with Crippen LogP contribution in [0.4, 0.5) is 5.69 Å². The Hall–Kier alpha value is -1.52. The highest BCUT2D eigenvalue weighted by Crippen LogP contribution is 2.44. The van der Waals surface area contributed by atoms with E-state index in [9.17, 15) is 8.42 Å². The number of rotatable bonds is 4. The molecule has 1 heterocycles. The zero-order valence-corrected chi connectivity index (χ0v) is 16.4. The number of anilines is 1. The lowest BCUT2D eigenvalue weighted by molar-refractivity contribution is 0.427. The van der Waals surface area contributed by atoms with Gasteiger partial charge in [-0.25, -0.2) is 8.42 Å². The largest absolute Gasteiger partial charge is 0.378 e. The molecule has 2 aromatic rings. The summed E-state index contributed by atoms with van der Waals surface area (Å²) < 4.78 is 23.9. The van der Waals surface area contributed by atoms with Crippen LogP contribution in [0, 0.1) is 0 Å². The average molecular weight is 378 g/mol. The lowest BCUT2D eigenvalue weighted by atomic mass is 9.74. The summed E-state index contributed by atoms with van der Waals surface area (Å²) in [5.74, 6) is 0.264. The second-order valence-electron chi connectivity index (χ2n) is 7.40. The zero-order chi connectivity index (χ0) is 18.2. The minimum absolute atomic E-state index is 0.0123. The predicted octanol–water partition coefficient (Wildman–Crippen LogP) is 5.11. The van der Waals surface area contributed by atoms with Gasteiger partial charge in [-0.1, -0.05) is 56.6 Å². The SMILES string of the molecule is CCS(=O)(=O)Cc1cccc(C2CC(C)(C)c3cc(Cl)ccc3N2)c1. The number of nitrogens with one attached hydrogen (secondary N) is 1. The van der Waals surface area contributed by atoms with Gasteiger partial charge in [0.05, 0.1) is 11.8 Å². The van der Waals surface area contributed by atoms with Crippen LogP contribution < -0.4 is 5.32 Å². The molecule has 0 aliphatic carbocycles. The van der Waals surface area contributed by atoms with Crippen molar-refractivity contribution in [2.75, 3.05) is 11.1 Å². The number of hydrogen-bond acceptors (Lipinski definition) is 3. The minimum Gasteiger partial charge on any atom is -0.378 e. The third-order valence-corrected chi connectivity index (χ3v) is 6.82. The molecule has 1 atom stereocenters. The van der Waals surface area contributed by atoms with E-state index < -0.39 is 9.84 Å². The van der Waals surface area contributed by atoms with Crippen LogP contribution in [0.1, 0.15) is 49.9 Å². The van der Waals surface area contributed by atoms with E-state index in [1.54, 1.807) is 6.92 Å². The summed E-state index contributed by atoms with van der Waals surface area (Å²) in [4.78, 5) is 0. The Kier molecular flexibility index (Phi) is 4.86. The van der Waals surface area contributed by atoms with Crippen LogP contribution in [-0.2, 0) is 21.0 Å². The van der Waals surface area contributed by atoms with Gasteiger partial charge in [0.25, 0.3) is 0 Å². The van der Waals surface area contributed by atoms with Crippen molar-refractivity contribution < 1.29 is 8.42 Å². The topological polar surface area (TPSA) is 46.2 Å². The second kappa shape index (κ2) is 6.65. The van der Waals surface area contributed by atoms with Gasteiger partial charge in [-0.05, 0) is 46.7 Å². The van der Waals surface area contributed by atoms with Crippen LogP contribution in [0.25, 0.3) is 0 Å². The maximum atomic E-state index is 11.9. The summed E-state index contributed by atoms with van der Waals surface area (Å²) in [6.07, 6.45) is 0.921. The normalized spacial score (nSPS) is 19.1. The Balaban J connectivity index is 1.92. The minimum atomic E-state index is -3.03. The fraction of sp³-hybridized carbons (Fsp3) is 0.400. The first kappa shape index (κ1) is 18.3. The number of sulfone groups is 1. The highest BCUT2D eigenvalue weighted by atomic mass is 35.5. The van der Waals surface area contributed by atoms with Crippen LogP contribution in [0.5, 0.6) is 0 Å². The molecule has 3 nitrogen and oxygen atoms in total. The van der Waals surface area contributed by atoms with Gasteiger partial charge in [0.2, 0.25) is 0 Å². The molecular weight excluding hydrogens is 354 g/mol. The molecule has 1 aliphatic rings.